The number of carbonyl (C=O) groups is 2. The summed E-state index contributed by atoms with van der Waals surface area (Å²) in [4.78, 5) is 25.5. The van der Waals surface area contributed by atoms with E-state index in [0.29, 0.717) is 25.6 Å². The van der Waals surface area contributed by atoms with Gasteiger partial charge in [0.2, 0.25) is 0 Å². The SMILES string of the molecule is C=C(CCNC(=O)COc1ccc(Cl)c(F)c1)C1CN(C2CCC2)C(=O)O1. The minimum Gasteiger partial charge on any atom is -0.484 e. The van der Waals surface area contributed by atoms with Crippen molar-refractivity contribution in [2.24, 2.45) is 0 Å². The molecule has 3 rings (SSSR count). The quantitative estimate of drug-likeness (QED) is 0.685. The number of hydrogen-bond donors (Lipinski definition) is 1. The smallest absolute Gasteiger partial charge is 0.410 e. The molecule has 1 saturated heterocycles. The van der Waals surface area contributed by atoms with Crippen LogP contribution in [0, 0.1) is 5.82 Å². The summed E-state index contributed by atoms with van der Waals surface area (Å²) in [5.41, 5.74) is 0.770. The Morgan fingerprint density at radius 3 is 2.89 bits per heavy atom. The van der Waals surface area contributed by atoms with Crippen LogP contribution in [0.4, 0.5) is 9.18 Å². The summed E-state index contributed by atoms with van der Waals surface area (Å²) in [6.45, 7) is 4.63. The lowest BCUT2D eigenvalue weighted by Crippen LogP contribution is -2.41. The Morgan fingerprint density at radius 2 is 2.22 bits per heavy atom. The highest BCUT2D eigenvalue weighted by atomic mass is 35.5. The molecule has 2 aliphatic rings. The summed E-state index contributed by atoms with van der Waals surface area (Å²) in [6.07, 6.45) is 3.10. The van der Waals surface area contributed by atoms with E-state index in [1.165, 1.54) is 12.1 Å². The lowest BCUT2D eigenvalue weighted by Gasteiger charge is -2.32. The fraction of sp³-hybridized carbons (Fsp3) is 0.474. The van der Waals surface area contributed by atoms with Gasteiger partial charge in [-0.05, 0) is 43.4 Å². The number of cyclic esters (lactones) is 1. The van der Waals surface area contributed by atoms with Gasteiger partial charge in [-0.1, -0.05) is 18.2 Å². The Hall–Kier alpha value is -2.28. The second-order valence-corrected chi connectivity index (χ2v) is 7.14. The molecule has 1 aliphatic heterocycles. The lowest BCUT2D eigenvalue weighted by atomic mass is 9.91. The number of hydrogen-bond acceptors (Lipinski definition) is 4. The van der Waals surface area contributed by atoms with Crippen molar-refractivity contribution in [1.82, 2.24) is 10.2 Å². The van der Waals surface area contributed by atoms with Crippen LogP contribution in [0.5, 0.6) is 5.75 Å². The highest BCUT2D eigenvalue weighted by molar-refractivity contribution is 6.30. The molecule has 0 bridgehead atoms. The van der Waals surface area contributed by atoms with Gasteiger partial charge < -0.3 is 19.7 Å². The molecule has 1 atom stereocenters. The van der Waals surface area contributed by atoms with Crippen molar-refractivity contribution in [3.05, 3.63) is 41.2 Å². The number of ether oxygens (including phenoxy) is 2. The van der Waals surface area contributed by atoms with Crippen LogP contribution in [0.25, 0.3) is 0 Å². The summed E-state index contributed by atoms with van der Waals surface area (Å²) in [5, 5.41) is 2.70. The predicted molar refractivity (Wildman–Crippen MR) is 98.3 cm³/mol. The lowest BCUT2D eigenvalue weighted by molar-refractivity contribution is -0.123. The first kappa shape index (κ1) is 19.5. The van der Waals surface area contributed by atoms with E-state index < -0.39 is 5.82 Å². The summed E-state index contributed by atoms with van der Waals surface area (Å²) in [7, 11) is 0. The largest absolute Gasteiger partial charge is 0.484 e. The van der Waals surface area contributed by atoms with E-state index in [9.17, 15) is 14.0 Å². The fourth-order valence-electron chi connectivity index (χ4n) is 2.98. The maximum Gasteiger partial charge on any atom is 0.410 e. The molecule has 0 spiro atoms. The monoisotopic (exact) mass is 396 g/mol. The molecule has 2 amide bonds. The number of rotatable bonds is 8. The molecule has 0 aromatic heterocycles. The van der Waals surface area contributed by atoms with Gasteiger partial charge in [0, 0.05) is 18.7 Å². The second kappa shape index (κ2) is 8.61. The minimum absolute atomic E-state index is 0.00574. The van der Waals surface area contributed by atoms with Gasteiger partial charge in [0.25, 0.3) is 5.91 Å². The van der Waals surface area contributed by atoms with Crippen LogP contribution >= 0.6 is 11.6 Å². The van der Waals surface area contributed by atoms with Crippen molar-refractivity contribution >= 4 is 23.6 Å². The van der Waals surface area contributed by atoms with Crippen LogP contribution in [0.15, 0.2) is 30.4 Å². The standard InChI is InChI=1S/C19H22ClFN2O4/c1-12(17-10-23(19(25)27-17)13-3-2-4-13)7-8-22-18(24)11-26-14-5-6-15(20)16(21)9-14/h5-6,9,13,17H,1-4,7-8,10-11H2,(H,22,24). The molecule has 8 heteroatoms. The van der Waals surface area contributed by atoms with E-state index in [1.807, 2.05) is 0 Å². The van der Waals surface area contributed by atoms with Crippen LogP contribution in [-0.2, 0) is 9.53 Å². The topological polar surface area (TPSA) is 67.9 Å². The Balaban J connectivity index is 1.35. The maximum absolute atomic E-state index is 13.3. The van der Waals surface area contributed by atoms with Gasteiger partial charge in [-0.2, -0.15) is 0 Å². The van der Waals surface area contributed by atoms with Crippen molar-refractivity contribution in [3.8, 4) is 5.75 Å². The Morgan fingerprint density at radius 1 is 1.44 bits per heavy atom. The molecule has 1 aromatic rings. The van der Waals surface area contributed by atoms with Crippen LogP contribution in [0.1, 0.15) is 25.7 Å². The first-order chi connectivity index (χ1) is 12.9. The van der Waals surface area contributed by atoms with E-state index in [0.717, 1.165) is 30.9 Å². The van der Waals surface area contributed by atoms with E-state index in [1.54, 1.807) is 4.90 Å². The fourth-order valence-corrected chi connectivity index (χ4v) is 3.10. The number of amides is 2. The molecule has 1 N–H and O–H groups in total. The molecule has 0 radical (unpaired) electrons. The van der Waals surface area contributed by atoms with Gasteiger partial charge in [0.05, 0.1) is 11.6 Å². The van der Waals surface area contributed by atoms with Crippen molar-refractivity contribution in [3.63, 3.8) is 0 Å². The number of halogens is 2. The molecule has 1 saturated carbocycles. The van der Waals surface area contributed by atoms with Crippen LogP contribution in [0.3, 0.4) is 0 Å². The van der Waals surface area contributed by atoms with E-state index in [-0.39, 0.29) is 35.5 Å². The van der Waals surface area contributed by atoms with E-state index in [4.69, 9.17) is 21.1 Å². The summed E-state index contributed by atoms with van der Waals surface area (Å²) < 4.78 is 23.9. The third-order valence-electron chi connectivity index (χ3n) is 4.84. The Bertz CT molecular complexity index is 738. The zero-order valence-electron chi connectivity index (χ0n) is 14.9. The highest BCUT2D eigenvalue weighted by Crippen LogP contribution is 2.30. The molecule has 1 heterocycles. The van der Waals surface area contributed by atoms with Gasteiger partial charge in [-0.15, -0.1) is 0 Å². The average molecular weight is 397 g/mol. The van der Waals surface area contributed by atoms with Gasteiger partial charge in [0.15, 0.2) is 6.61 Å². The summed E-state index contributed by atoms with van der Waals surface area (Å²) in [5.74, 6) is -0.712. The van der Waals surface area contributed by atoms with Crippen molar-refractivity contribution in [2.75, 3.05) is 19.7 Å². The normalized spacial score (nSPS) is 19.4. The van der Waals surface area contributed by atoms with Crippen molar-refractivity contribution in [1.29, 1.82) is 0 Å². The van der Waals surface area contributed by atoms with Gasteiger partial charge in [-0.3, -0.25) is 4.79 Å². The second-order valence-electron chi connectivity index (χ2n) is 6.73. The summed E-state index contributed by atoms with van der Waals surface area (Å²) in [6, 6.07) is 4.27. The minimum atomic E-state index is -0.604. The van der Waals surface area contributed by atoms with Gasteiger partial charge >= 0.3 is 6.09 Å². The number of carbonyl (C=O) groups excluding carboxylic acids is 2. The van der Waals surface area contributed by atoms with Crippen molar-refractivity contribution in [2.45, 2.75) is 37.8 Å². The first-order valence-corrected chi connectivity index (χ1v) is 9.31. The molecule has 27 heavy (non-hydrogen) atoms. The third-order valence-corrected chi connectivity index (χ3v) is 5.15. The molecule has 1 unspecified atom stereocenters. The van der Waals surface area contributed by atoms with Crippen molar-refractivity contribution < 1.29 is 23.5 Å². The van der Waals surface area contributed by atoms with E-state index >= 15 is 0 Å². The molecule has 6 nitrogen and oxygen atoms in total. The first-order valence-electron chi connectivity index (χ1n) is 8.93. The molecule has 1 aromatic carbocycles. The highest BCUT2D eigenvalue weighted by Gasteiger charge is 2.39. The Kier molecular flexibility index (Phi) is 6.21. The number of benzene rings is 1. The van der Waals surface area contributed by atoms with Crippen LogP contribution in [0.2, 0.25) is 5.02 Å². The maximum atomic E-state index is 13.3. The van der Waals surface area contributed by atoms with Crippen LogP contribution in [-0.4, -0.2) is 48.7 Å². The molecule has 1 aliphatic carbocycles. The number of nitrogens with zero attached hydrogens (tertiary/aromatic N) is 1. The third kappa shape index (κ3) is 4.91. The predicted octanol–water partition coefficient (Wildman–Crippen LogP) is 3.29. The Labute approximate surface area is 162 Å². The molecule has 2 fully saturated rings. The molecule has 146 valence electrons. The zero-order valence-corrected chi connectivity index (χ0v) is 15.6. The number of nitrogens with one attached hydrogen (secondary N) is 1. The van der Waals surface area contributed by atoms with Crippen LogP contribution < -0.4 is 10.1 Å². The van der Waals surface area contributed by atoms with Gasteiger partial charge in [0.1, 0.15) is 17.7 Å². The average Bonchev–Trinajstić information content (AvgIpc) is 2.96. The molecular formula is C19H22ClFN2O4. The van der Waals surface area contributed by atoms with Gasteiger partial charge in [-0.25, -0.2) is 9.18 Å². The zero-order chi connectivity index (χ0) is 19.4. The summed E-state index contributed by atoms with van der Waals surface area (Å²) >= 11 is 5.59. The molecular weight excluding hydrogens is 375 g/mol. The van der Waals surface area contributed by atoms with E-state index in [2.05, 4.69) is 11.9 Å².